The number of fused-ring (bicyclic) bond motifs is 1. The van der Waals surface area contributed by atoms with Crippen LogP contribution in [-0.4, -0.2) is 53.3 Å². The fourth-order valence-electron chi connectivity index (χ4n) is 4.64. The molecule has 7 nitrogen and oxygen atoms in total. The minimum Gasteiger partial charge on any atom is -0.445 e. The van der Waals surface area contributed by atoms with Crippen molar-refractivity contribution in [1.29, 1.82) is 0 Å². The normalized spacial score (nSPS) is 18.5. The van der Waals surface area contributed by atoms with Crippen molar-refractivity contribution >= 4 is 42.8 Å². The number of nitrogens with zero attached hydrogens (tertiary/aromatic N) is 3. The van der Waals surface area contributed by atoms with Crippen molar-refractivity contribution in [2.75, 3.05) is 6.54 Å². The molecule has 0 bridgehead atoms. The Hall–Kier alpha value is -2.68. The minimum absolute atomic E-state index is 0.00858. The molecule has 9 heteroatoms. The van der Waals surface area contributed by atoms with Crippen LogP contribution in [0.2, 0.25) is 23.2 Å². The zero-order chi connectivity index (χ0) is 27.5. The van der Waals surface area contributed by atoms with Gasteiger partial charge in [-0.1, -0.05) is 62.7 Å². The van der Waals surface area contributed by atoms with Crippen LogP contribution in [0.15, 0.2) is 54.9 Å². The summed E-state index contributed by atoms with van der Waals surface area (Å²) in [6.45, 7) is 11.9. The van der Waals surface area contributed by atoms with Crippen LogP contribution >= 0.6 is 11.6 Å². The maximum Gasteiger partial charge on any atom is 0.410 e. The summed E-state index contributed by atoms with van der Waals surface area (Å²) in [4.78, 5) is 32.9. The van der Waals surface area contributed by atoms with Crippen molar-refractivity contribution in [1.82, 2.24) is 14.5 Å². The van der Waals surface area contributed by atoms with Gasteiger partial charge in [-0.15, -0.1) is 0 Å². The lowest BCUT2D eigenvalue weighted by molar-refractivity contribution is -0.122. The molecule has 1 amide bonds. The number of amides is 1. The van der Waals surface area contributed by atoms with Gasteiger partial charge in [0.25, 0.3) is 0 Å². The van der Waals surface area contributed by atoms with E-state index in [2.05, 4.69) is 38.8 Å². The Bertz CT molecular complexity index is 1270. The molecular weight excluding hydrogens is 518 g/mol. The summed E-state index contributed by atoms with van der Waals surface area (Å²) in [6.07, 6.45) is 2.83. The molecule has 0 spiro atoms. The predicted molar refractivity (Wildman–Crippen MR) is 153 cm³/mol. The smallest absolute Gasteiger partial charge is 0.410 e. The van der Waals surface area contributed by atoms with Crippen LogP contribution in [0.5, 0.6) is 0 Å². The van der Waals surface area contributed by atoms with Gasteiger partial charge in [0.2, 0.25) is 0 Å². The van der Waals surface area contributed by atoms with Crippen molar-refractivity contribution in [2.45, 2.75) is 83.5 Å². The number of benzene rings is 2. The topological polar surface area (TPSA) is 73.7 Å². The number of aromatic nitrogens is 2. The maximum absolute atomic E-state index is 13.4. The average molecular weight is 556 g/mol. The molecule has 1 aromatic heterocycles. The first-order chi connectivity index (χ1) is 17.9. The fraction of sp³-hybridized carbons (Fsp3) is 0.483. The molecule has 2 aromatic carbocycles. The number of piperidine rings is 1. The lowest BCUT2D eigenvalue weighted by atomic mass is 9.95. The molecule has 0 aliphatic carbocycles. The van der Waals surface area contributed by atoms with Crippen molar-refractivity contribution in [3.63, 3.8) is 0 Å². The van der Waals surface area contributed by atoms with Gasteiger partial charge in [-0.2, -0.15) is 0 Å². The van der Waals surface area contributed by atoms with Gasteiger partial charge < -0.3 is 18.6 Å². The van der Waals surface area contributed by atoms with E-state index in [0.717, 1.165) is 29.4 Å². The molecule has 0 N–H and O–H groups in total. The van der Waals surface area contributed by atoms with Crippen LogP contribution in [0.1, 0.15) is 45.6 Å². The number of ether oxygens (including phenoxy) is 1. The Morgan fingerprint density at radius 3 is 2.58 bits per heavy atom. The van der Waals surface area contributed by atoms with Gasteiger partial charge in [-0.25, -0.2) is 9.78 Å². The summed E-state index contributed by atoms with van der Waals surface area (Å²) in [5, 5.41) is 0.612. The predicted octanol–water partition coefficient (Wildman–Crippen LogP) is 6.84. The average Bonchev–Trinajstić information content (AvgIpc) is 3.24. The number of ketones is 1. The third kappa shape index (κ3) is 6.65. The van der Waals surface area contributed by atoms with Gasteiger partial charge in [0, 0.05) is 18.0 Å². The van der Waals surface area contributed by atoms with E-state index in [1.807, 2.05) is 41.0 Å². The third-order valence-corrected chi connectivity index (χ3v) is 12.5. The van der Waals surface area contributed by atoms with E-state index < -0.39 is 20.5 Å². The molecule has 4 rings (SSSR count). The van der Waals surface area contributed by atoms with Crippen molar-refractivity contribution in [3.05, 3.63) is 65.4 Å². The maximum atomic E-state index is 13.4. The van der Waals surface area contributed by atoms with E-state index in [1.54, 1.807) is 23.4 Å². The van der Waals surface area contributed by atoms with E-state index in [0.29, 0.717) is 11.6 Å². The number of carbonyl (C=O) groups excluding carboxylic acids is 2. The molecule has 3 aromatic rings. The van der Waals surface area contributed by atoms with Crippen molar-refractivity contribution < 1.29 is 18.8 Å². The van der Waals surface area contributed by atoms with Crippen molar-refractivity contribution in [2.24, 2.45) is 0 Å². The van der Waals surface area contributed by atoms with Gasteiger partial charge in [0.1, 0.15) is 6.61 Å². The molecule has 38 heavy (non-hydrogen) atoms. The minimum atomic E-state index is -2.14. The first-order valence-electron chi connectivity index (χ1n) is 13.2. The number of hydrogen-bond donors (Lipinski definition) is 0. The molecule has 204 valence electrons. The van der Waals surface area contributed by atoms with Crippen LogP contribution in [-0.2, 0) is 27.1 Å². The second kappa shape index (κ2) is 11.6. The quantitative estimate of drug-likeness (QED) is 0.284. The largest absolute Gasteiger partial charge is 0.445 e. The summed E-state index contributed by atoms with van der Waals surface area (Å²) < 4.78 is 14.4. The summed E-state index contributed by atoms with van der Waals surface area (Å²) in [5.41, 5.74) is 2.51. The van der Waals surface area contributed by atoms with Crippen LogP contribution in [0, 0.1) is 0 Å². The highest BCUT2D eigenvalue weighted by Gasteiger charge is 2.44. The molecule has 2 atom stereocenters. The summed E-state index contributed by atoms with van der Waals surface area (Å²) in [7, 11) is -2.14. The number of hydrogen-bond acceptors (Lipinski definition) is 5. The Morgan fingerprint density at radius 1 is 1.13 bits per heavy atom. The van der Waals surface area contributed by atoms with Gasteiger partial charge >= 0.3 is 6.09 Å². The second-order valence-corrected chi connectivity index (χ2v) is 16.8. The lowest BCUT2D eigenvalue weighted by Crippen LogP contribution is -2.56. The molecule has 0 radical (unpaired) electrons. The monoisotopic (exact) mass is 555 g/mol. The fourth-order valence-corrected chi connectivity index (χ4v) is 6.19. The molecular formula is C29H38ClN3O4Si. The van der Waals surface area contributed by atoms with Gasteiger partial charge in [0.15, 0.2) is 14.1 Å². The molecule has 0 saturated carbocycles. The molecule has 0 unspecified atom stereocenters. The number of likely N-dealkylation sites (tertiary alicyclic amines) is 1. The molecule has 2 heterocycles. The number of rotatable bonds is 8. The standard InChI is InChI=1S/C29H38ClN3O4Si/c1-29(2,3)38(4,5)37-27-12-9-15-33(28(35)36-19-21-10-7-6-8-11-21)26(27)17-23(34)18-32-20-31-24-16-22(30)13-14-25(24)32/h6-8,10-11,13-14,16,20,26-27H,9,12,15,17-19H2,1-5H3/t26-,27+/m1/s1. The molecule has 1 fully saturated rings. The molecule has 1 saturated heterocycles. The number of carbonyl (C=O) groups is 2. The Balaban J connectivity index is 1.53. The Kier molecular flexibility index (Phi) is 8.64. The van der Waals surface area contributed by atoms with E-state index >= 15 is 0 Å². The van der Waals surface area contributed by atoms with E-state index in [4.69, 9.17) is 20.8 Å². The van der Waals surface area contributed by atoms with E-state index in [-0.39, 0.29) is 36.5 Å². The summed E-state index contributed by atoms with van der Waals surface area (Å²) >= 11 is 6.10. The lowest BCUT2D eigenvalue weighted by Gasteiger charge is -2.46. The van der Waals surface area contributed by atoms with E-state index in [1.165, 1.54) is 0 Å². The summed E-state index contributed by atoms with van der Waals surface area (Å²) in [6, 6.07) is 14.7. The van der Waals surface area contributed by atoms with Crippen LogP contribution in [0.3, 0.4) is 0 Å². The SMILES string of the molecule is CC(C)(C)[Si](C)(C)O[C@H]1CCCN(C(=O)OCc2ccccc2)[C@@H]1CC(=O)Cn1cnc2cc(Cl)ccc21. The van der Waals surface area contributed by atoms with Crippen molar-refractivity contribution in [3.8, 4) is 0 Å². The van der Waals surface area contributed by atoms with Gasteiger partial charge in [-0.05, 0) is 54.7 Å². The highest BCUT2D eigenvalue weighted by Crippen LogP contribution is 2.39. The molecule has 1 aliphatic heterocycles. The highest BCUT2D eigenvalue weighted by molar-refractivity contribution is 6.74. The van der Waals surface area contributed by atoms with Gasteiger partial charge in [-0.3, -0.25) is 4.79 Å². The third-order valence-electron chi connectivity index (χ3n) is 7.78. The number of halogens is 1. The Morgan fingerprint density at radius 2 is 1.87 bits per heavy atom. The summed E-state index contributed by atoms with van der Waals surface area (Å²) in [5.74, 6) is 0.0100. The second-order valence-electron chi connectivity index (χ2n) is 11.6. The van der Waals surface area contributed by atoms with Gasteiger partial charge in [0.05, 0.1) is 36.1 Å². The zero-order valence-electron chi connectivity index (χ0n) is 22.9. The molecule has 1 aliphatic rings. The zero-order valence-corrected chi connectivity index (χ0v) is 24.7. The first kappa shape index (κ1) is 28.3. The Labute approximate surface area is 231 Å². The first-order valence-corrected chi connectivity index (χ1v) is 16.5. The van der Waals surface area contributed by atoms with E-state index in [9.17, 15) is 9.59 Å². The van der Waals surface area contributed by atoms with Crippen LogP contribution in [0.25, 0.3) is 11.0 Å². The van der Waals surface area contributed by atoms with Crippen LogP contribution < -0.4 is 0 Å². The van der Waals surface area contributed by atoms with Crippen LogP contribution in [0.4, 0.5) is 4.79 Å². The number of imidazole rings is 1. The highest BCUT2D eigenvalue weighted by atomic mass is 35.5. The number of Topliss-reactive ketones (excluding diaryl/α,β-unsaturated/α-hetero) is 1.